The van der Waals surface area contributed by atoms with Crippen LogP contribution in [0.2, 0.25) is 0 Å². The van der Waals surface area contributed by atoms with Crippen LogP contribution in [-0.2, 0) is 0 Å². The van der Waals surface area contributed by atoms with Gasteiger partial charge in [-0.1, -0.05) is 60.3 Å². The number of nitrogens with zero attached hydrogens (tertiary/aromatic N) is 3. The number of para-hydroxylation sites is 1. The Morgan fingerprint density at radius 2 is 1.57 bits per heavy atom. The van der Waals surface area contributed by atoms with Crippen molar-refractivity contribution in [1.29, 1.82) is 0 Å². The Morgan fingerprint density at radius 3 is 2.26 bits per heavy atom. The van der Waals surface area contributed by atoms with E-state index >= 15 is 0 Å². The summed E-state index contributed by atoms with van der Waals surface area (Å²) in [5.41, 5.74) is 4.60. The molecule has 4 heteroatoms. The zero-order valence-electron chi connectivity index (χ0n) is 13.1. The summed E-state index contributed by atoms with van der Waals surface area (Å²) in [4.78, 5) is 4.80. The molecular weight excluding hydrogens is 302 g/mol. The minimum atomic E-state index is 0.251. The van der Waals surface area contributed by atoms with E-state index in [4.69, 9.17) is 10.1 Å². The molecule has 4 rings (SSSR count). The number of thioether (sulfide) groups is 1. The van der Waals surface area contributed by atoms with Crippen LogP contribution >= 0.6 is 11.8 Å². The number of fused-ring (bicyclic) bond motifs is 1. The van der Waals surface area contributed by atoms with Crippen molar-refractivity contribution in [2.45, 2.75) is 19.1 Å². The van der Waals surface area contributed by atoms with E-state index in [-0.39, 0.29) is 5.25 Å². The zero-order chi connectivity index (χ0) is 15.8. The third-order valence-corrected chi connectivity index (χ3v) is 5.17. The van der Waals surface area contributed by atoms with Crippen LogP contribution in [0.15, 0.2) is 65.7 Å². The van der Waals surface area contributed by atoms with Crippen LogP contribution in [0.4, 0.5) is 5.82 Å². The second-order valence-electron chi connectivity index (χ2n) is 5.61. The average molecular weight is 319 g/mol. The third-order valence-electron chi connectivity index (χ3n) is 4.00. The van der Waals surface area contributed by atoms with E-state index in [9.17, 15) is 0 Å². The Kier molecular flexibility index (Phi) is 3.54. The van der Waals surface area contributed by atoms with E-state index in [2.05, 4.69) is 56.3 Å². The van der Waals surface area contributed by atoms with Crippen LogP contribution in [-0.4, -0.2) is 14.8 Å². The molecule has 1 aliphatic rings. The maximum Gasteiger partial charge on any atom is 0.161 e. The number of aliphatic imine (C=N–C) groups is 1. The van der Waals surface area contributed by atoms with Gasteiger partial charge in [-0.25, -0.2) is 9.67 Å². The van der Waals surface area contributed by atoms with Crippen LogP contribution in [0, 0.1) is 6.92 Å². The number of aromatic nitrogens is 2. The van der Waals surface area contributed by atoms with Crippen LogP contribution in [0.1, 0.15) is 29.0 Å². The topological polar surface area (TPSA) is 30.2 Å². The molecule has 3 nitrogen and oxygen atoms in total. The summed E-state index contributed by atoms with van der Waals surface area (Å²) < 4.78 is 1.96. The first-order chi connectivity index (χ1) is 11.2. The molecule has 1 unspecified atom stereocenters. The summed E-state index contributed by atoms with van der Waals surface area (Å²) in [5, 5.41) is 6.09. The summed E-state index contributed by atoms with van der Waals surface area (Å²) in [6.45, 7) is 4.14. The summed E-state index contributed by atoms with van der Waals surface area (Å²) in [6.07, 6.45) is 0. The lowest BCUT2D eigenvalue weighted by Crippen LogP contribution is -2.06. The maximum absolute atomic E-state index is 4.80. The van der Waals surface area contributed by atoms with Crippen molar-refractivity contribution in [2.75, 3.05) is 0 Å². The molecule has 0 fully saturated rings. The first-order valence-electron chi connectivity index (χ1n) is 7.66. The van der Waals surface area contributed by atoms with Gasteiger partial charge in [-0.15, -0.1) is 0 Å². The summed E-state index contributed by atoms with van der Waals surface area (Å²) in [6, 6.07) is 20.8. The Balaban J connectivity index is 1.91. The molecule has 0 radical (unpaired) electrons. The number of aryl methyl sites for hydroxylation is 1. The van der Waals surface area contributed by atoms with Crippen molar-refractivity contribution >= 4 is 22.6 Å². The second-order valence-corrected chi connectivity index (χ2v) is 6.91. The highest BCUT2D eigenvalue weighted by atomic mass is 32.2. The fraction of sp³-hybridized carbons (Fsp3) is 0.158. The first-order valence-corrected chi connectivity index (χ1v) is 8.54. The molecule has 0 bridgehead atoms. The van der Waals surface area contributed by atoms with Gasteiger partial charge < -0.3 is 0 Å². The number of hydrogen-bond donors (Lipinski definition) is 0. The Bertz CT molecular complexity index is 866. The number of hydrogen-bond acceptors (Lipinski definition) is 3. The van der Waals surface area contributed by atoms with Crippen LogP contribution in [0.5, 0.6) is 0 Å². The minimum absolute atomic E-state index is 0.251. The van der Waals surface area contributed by atoms with Crippen molar-refractivity contribution in [3.05, 3.63) is 77.5 Å². The molecule has 0 N–H and O–H groups in total. The van der Waals surface area contributed by atoms with Crippen LogP contribution in [0.3, 0.4) is 0 Å². The molecule has 0 saturated carbocycles. The first kappa shape index (κ1) is 14.3. The Labute approximate surface area is 140 Å². The number of benzene rings is 2. The molecule has 114 valence electrons. The zero-order valence-corrected chi connectivity index (χ0v) is 13.9. The molecule has 1 atom stereocenters. The quantitative estimate of drug-likeness (QED) is 0.660. The fourth-order valence-electron chi connectivity index (χ4n) is 2.96. The van der Waals surface area contributed by atoms with Gasteiger partial charge in [0.25, 0.3) is 0 Å². The van der Waals surface area contributed by atoms with Crippen molar-refractivity contribution in [3.63, 3.8) is 0 Å². The van der Waals surface area contributed by atoms with Gasteiger partial charge in [0.15, 0.2) is 5.82 Å². The van der Waals surface area contributed by atoms with E-state index in [0.717, 1.165) is 22.2 Å². The van der Waals surface area contributed by atoms with Gasteiger partial charge in [0.05, 0.1) is 21.7 Å². The maximum atomic E-state index is 4.80. The van der Waals surface area contributed by atoms with Crippen molar-refractivity contribution in [1.82, 2.24) is 9.78 Å². The van der Waals surface area contributed by atoms with Gasteiger partial charge in [-0.2, -0.15) is 5.10 Å². The number of rotatable bonds is 2. The van der Waals surface area contributed by atoms with Gasteiger partial charge in [-0.3, -0.25) is 0 Å². The second kappa shape index (κ2) is 5.70. The van der Waals surface area contributed by atoms with Crippen LogP contribution in [0.25, 0.3) is 5.69 Å². The molecule has 0 spiro atoms. The van der Waals surface area contributed by atoms with Gasteiger partial charge in [-0.05, 0) is 31.5 Å². The standard InChI is InChI=1S/C19H17N3S/c1-13-17-18(15-9-5-3-6-10-15)23-14(2)20-19(17)22(21-13)16-11-7-4-8-12-16/h3-12,18H,1-2H3. The SMILES string of the molecule is CC1=Nc2c(c(C)nn2-c2ccccc2)C(c2ccccc2)S1. The molecule has 2 heterocycles. The molecule has 2 aromatic carbocycles. The Morgan fingerprint density at radius 1 is 0.913 bits per heavy atom. The lowest BCUT2D eigenvalue weighted by Gasteiger charge is -2.21. The molecule has 1 aliphatic heterocycles. The van der Waals surface area contributed by atoms with Crippen LogP contribution < -0.4 is 0 Å². The summed E-state index contributed by atoms with van der Waals surface area (Å²) in [5.74, 6) is 0.957. The lowest BCUT2D eigenvalue weighted by molar-refractivity contribution is 0.863. The third kappa shape index (κ3) is 2.49. The highest BCUT2D eigenvalue weighted by Crippen LogP contribution is 2.47. The monoisotopic (exact) mass is 319 g/mol. The minimum Gasteiger partial charge on any atom is -0.227 e. The van der Waals surface area contributed by atoms with Gasteiger partial charge >= 0.3 is 0 Å². The van der Waals surface area contributed by atoms with Gasteiger partial charge in [0.1, 0.15) is 0 Å². The predicted molar refractivity (Wildman–Crippen MR) is 96.9 cm³/mol. The van der Waals surface area contributed by atoms with Gasteiger partial charge in [0, 0.05) is 5.56 Å². The van der Waals surface area contributed by atoms with Gasteiger partial charge in [0.2, 0.25) is 0 Å². The normalized spacial score (nSPS) is 16.8. The van der Waals surface area contributed by atoms with E-state index in [1.165, 1.54) is 11.1 Å². The summed E-state index contributed by atoms with van der Waals surface area (Å²) in [7, 11) is 0. The fourth-order valence-corrected chi connectivity index (χ4v) is 4.13. The van der Waals surface area contributed by atoms with Crippen molar-refractivity contribution < 1.29 is 0 Å². The van der Waals surface area contributed by atoms with E-state index in [1.807, 2.05) is 22.9 Å². The highest BCUT2D eigenvalue weighted by Gasteiger charge is 2.29. The molecule has 1 aromatic heterocycles. The van der Waals surface area contributed by atoms with E-state index < -0.39 is 0 Å². The molecule has 3 aromatic rings. The summed E-state index contributed by atoms with van der Waals surface area (Å²) >= 11 is 1.80. The van der Waals surface area contributed by atoms with Crippen molar-refractivity contribution in [2.24, 2.45) is 4.99 Å². The molecule has 0 aliphatic carbocycles. The molecular formula is C19H17N3S. The molecule has 0 amide bonds. The molecule has 23 heavy (non-hydrogen) atoms. The highest BCUT2D eigenvalue weighted by molar-refractivity contribution is 8.14. The molecule has 0 saturated heterocycles. The average Bonchev–Trinajstić information content (AvgIpc) is 2.92. The lowest BCUT2D eigenvalue weighted by atomic mass is 10.0. The van der Waals surface area contributed by atoms with Crippen molar-refractivity contribution in [3.8, 4) is 5.69 Å². The largest absolute Gasteiger partial charge is 0.227 e. The van der Waals surface area contributed by atoms with E-state index in [1.54, 1.807) is 11.8 Å². The smallest absolute Gasteiger partial charge is 0.161 e. The Hall–Kier alpha value is -2.33. The van der Waals surface area contributed by atoms with E-state index in [0.29, 0.717) is 0 Å². The predicted octanol–water partition coefficient (Wildman–Crippen LogP) is 5.07.